The second kappa shape index (κ2) is 17.6. The van der Waals surface area contributed by atoms with E-state index in [1.54, 1.807) is 42.7 Å². The Bertz CT molecular complexity index is 1760. The number of nitrogen functional groups attached to an aromatic ring is 1. The van der Waals surface area contributed by atoms with Gasteiger partial charge in [-0.2, -0.15) is 4.57 Å². The number of thioether (sulfide) groups is 2. The molecule has 3 aromatic rings. The Morgan fingerprint density at radius 1 is 1.12 bits per heavy atom. The molecule has 2 aromatic heterocycles. The molecule has 1 fully saturated rings. The number of nitrogens with one attached hydrogen (secondary N) is 1. The normalized spacial score (nSPS) is 17.5. The average Bonchev–Trinajstić information content (AvgIpc) is 3.46. The molecule has 3 N–H and O–H groups in total. The number of nitrogens with two attached hydrogens (primary N) is 1. The summed E-state index contributed by atoms with van der Waals surface area (Å²) in [6.45, 7) is -0.316. The maximum Gasteiger partial charge on any atom is 1.00 e. The van der Waals surface area contributed by atoms with Crippen LogP contribution in [0.15, 0.2) is 81.6 Å². The van der Waals surface area contributed by atoms with Crippen molar-refractivity contribution in [3.63, 3.8) is 0 Å². The van der Waals surface area contributed by atoms with Crippen LogP contribution in [0.25, 0.3) is 0 Å². The zero-order chi connectivity index (χ0) is 33.0. The van der Waals surface area contributed by atoms with Gasteiger partial charge in [-0.15, -0.1) is 34.9 Å². The molecule has 5 rings (SSSR count). The molecule has 2 amide bonds. The van der Waals surface area contributed by atoms with Crippen LogP contribution < -0.4 is 90.1 Å². The first-order chi connectivity index (χ1) is 22.0. The number of oxime groups is 1. The SMILES string of the molecule is Nc1nc(/C(=N/OC(C(=O)[O-])c2ccccc2)C(=O)NC2C(=O)N3C(C(=O)[O-])=C(CSc4cc[n+](CC(=O)[O-])cc4)CS[C@H]23)cs1.[Na+].[Na+]. The molecule has 48 heavy (non-hydrogen) atoms. The van der Waals surface area contributed by atoms with Crippen LogP contribution in [0.4, 0.5) is 5.13 Å². The Hall–Kier alpha value is -2.94. The van der Waals surface area contributed by atoms with E-state index in [2.05, 4.69) is 15.5 Å². The molecule has 20 heteroatoms. The predicted octanol–water partition coefficient (Wildman–Crippen LogP) is -8.82. The Labute approximate surface area is 329 Å². The summed E-state index contributed by atoms with van der Waals surface area (Å²) in [4.78, 5) is 72.3. The minimum absolute atomic E-state index is 0. The first-order valence-corrected chi connectivity index (χ1v) is 16.2. The van der Waals surface area contributed by atoms with Gasteiger partial charge in [-0.05, 0) is 5.57 Å². The van der Waals surface area contributed by atoms with Crippen molar-refractivity contribution >= 4 is 75.4 Å². The van der Waals surface area contributed by atoms with Crippen molar-refractivity contribution in [3.8, 4) is 0 Å². The molecule has 238 valence electrons. The molecule has 3 atom stereocenters. The van der Waals surface area contributed by atoms with E-state index < -0.39 is 53.0 Å². The van der Waals surface area contributed by atoms with E-state index in [4.69, 9.17) is 10.6 Å². The summed E-state index contributed by atoms with van der Waals surface area (Å²) in [6, 6.07) is 9.97. The number of carboxylic acid groups (broad SMARTS) is 3. The summed E-state index contributed by atoms with van der Waals surface area (Å²) in [5.41, 5.74) is 5.56. The van der Waals surface area contributed by atoms with Crippen LogP contribution in [0.1, 0.15) is 17.4 Å². The monoisotopic (exact) mass is 728 g/mol. The van der Waals surface area contributed by atoms with E-state index in [1.165, 1.54) is 45.6 Å². The molecular weight excluding hydrogens is 707 g/mol. The van der Waals surface area contributed by atoms with Gasteiger partial charge in [0.1, 0.15) is 23.1 Å². The van der Waals surface area contributed by atoms with Crippen molar-refractivity contribution in [1.29, 1.82) is 0 Å². The number of aromatic nitrogens is 2. The summed E-state index contributed by atoms with van der Waals surface area (Å²) in [5, 5.41) is 41.7. The number of benzene rings is 1. The van der Waals surface area contributed by atoms with Crippen molar-refractivity contribution in [3.05, 3.63) is 82.8 Å². The molecule has 1 aromatic carbocycles. The smallest absolute Gasteiger partial charge is 0.546 e. The molecule has 0 spiro atoms. The maximum atomic E-state index is 13.4. The van der Waals surface area contributed by atoms with Crippen LogP contribution in [0.3, 0.4) is 0 Å². The van der Waals surface area contributed by atoms with E-state index in [9.17, 15) is 39.3 Å². The van der Waals surface area contributed by atoms with Crippen molar-refractivity contribution < 1.29 is 108 Å². The molecular formula is C28H22N6Na2O9S3. The predicted molar refractivity (Wildman–Crippen MR) is 158 cm³/mol. The van der Waals surface area contributed by atoms with Gasteiger partial charge in [0.15, 0.2) is 35.9 Å². The van der Waals surface area contributed by atoms with Crippen LogP contribution in [-0.2, 0) is 35.4 Å². The Morgan fingerprint density at radius 3 is 2.40 bits per heavy atom. The van der Waals surface area contributed by atoms with Gasteiger partial charge in [0, 0.05) is 39.5 Å². The fourth-order valence-corrected chi connectivity index (χ4v) is 7.45. The number of carboxylic acids is 3. The summed E-state index contributed by atoms with van der Waals surface area (Å²) in [5.74, 6) is -5.63. The Kier molecular flexibility index (Phi) is 14.5. The van der Waals surface area contributed by atoms with Gasteiger partial charge in [0.2, 0.25) is 0 Å². The van der Waals surface area contributed by atoms with Crippen molar-refractivity contribution in [2.45, 2.75) is 29.0 Å². The molecule has 2 unspecified atom stereocenters. The number of amides is 2. The number of anilines is 1. The van der Waals surface area contributed by atoms with E-state index in [1.807, 2.05) is 0 Å². The van der Waals surface area contributed by atoms with Gasteiger partial charge in [0.05, 0.1) is 17.6 Å². The molecule has 0 aliphatic carbocycles. The van der Waals surface area contributed by atoms with E-state index in [0.29, 0.717) is 5.57 Å². The average molecular weight is 729 g/mol. The van der Waals surface area contributed by atoms with Crippen molar-refractivity contribution in [2.75, 3.05) is 17.2 Å². The maximum absolute atomic E-state index is 13.4. The first-order valence-electron chi connectivity index (χ1n) is 13.2. The standard InChI is InChI=1S/C28H24N6O9S3.2Na/c29-28-30-17(13-46-28)19(32-43-22(27(41)42)14-4-2-1-3-5-14)23(37)31-20-24(38)34-21(26(39)40)15(12-45-25(20)34)11-44-16-6-8-33(9-7-16)10-18(35)36;;/h1-9,13,20,22,25H,10-12H2,(H5-,29,30,31,35,36,37,39,40,41,42);;/q;2*+1/p-2/b32-19-;;/t20?,22?,25-;;/m1../s1. The minimum atomic E-state index is -1.67. The number of fused-ring (bicyclic) bond motifs is 1. The van der Waals surface area contributed by atoms with Crippen LogP contribution >= 0.6 is 34.9 Å². The van der Waals surface area contributed by atoms with Crippen LogP contribution in [0.5, 0.6) is 0 Å². The number of hydrogen-bond donors (Lipinski definition) is 2. The number of pyridine rings is 1. The van der Waals surface area contributed by atoms with Gasteiger partial charge in [-0.1, -0.05) is 35.5 Å². The number of carbonyl (C=O) groups is 5. The first kappa shape index (κ1) is 39.5. The third-order valence-electron chi connectivity index (χ3n) is 6.66. The summed E-state index contributed by atoms with van der Waals surface area (Å²) in [7, 11) is 0. The molecule has 0 saturated carbocycles. The summed E-state index contributed by atoms with van der Waals surface area (Å²) < 4.78 is 1.41. The van der Waals surface area contributed by atoms with Gasteiger partial charge in [-0.25, -0.2) is 4.98 Å². The molecule has 4 heterocycles. The number of nitrogens with zero attached hydrogens (tertiary/aromatic N) is 4. The number of aliphatic carboxylic acids is 3. The topological polar surface area (TPSA) is 234 Å². The molecule has 2 aliphatic heterocycles. The number of thiazole rings is 1. The number of rotatable bonds is 13. The van der Waals surface area contributed by atoms with Gasteiger partial charge >= 0.3 is 59.1 Å². The van der Waals surface area contributed by atoms with Gasteiger partial charge in [0.25, 0.3) is 11.8 Å². The van der Waals surface area contributed by atoms with Gasteiger partial charge in [-0.3, -0.25) is 14.5 Å². The summed E-state index contributed by atoms with van der Waals surface area (Å²) >= 11 is 3.51. The van der Waals surface area contributed by atoms with E-state index >= 15 is 0 Å². The van der Waals surface area contributed by atoms with E-state index in [0.717, 1.165) is 21.1 Å². The van der Waals surface area contributed by atoms with Gasteiger partial charge < -0.3 is 45.6 Å². The number of β-lactam (4-membered cyclic amide) rings is 1. The molecule has 1 saturated heterocycles. The fraction of sp³-hybridized carbons (Fsp3) is 0.214. The molecule has 15 nitrogen and oxygen atoms in total. The second-order valence-corrected chi connectivity index (χ2v) is 12.7. The second-order valence-electron chi connectivity index (χ2n) is 9.69. The quantitative estimate of drug-likeness (QED) is 0.0416. The van der Waals surface area contributed by atoms with Crippen molar-refractivity contribution in [2.24, 2.45) is 5.16 Å². The van der Waals surface area contributed by atoms with Crippen LogP contribution in [-0.4, -0.2) is 68.2 Å². The fourth-order valence-electron chi connectivity index (χ4n) is 4.53. The molecule has 0 bridgehead atoms. The molecule has 0 radical (unpaired) electrons. The van der Waals surface area contributed by atoms with Crippen LogP contribution in [0, 0.1) is 0 Å². The summed E-state index contributed by atoms with van der Waals surface area (Å²) in [6.07, 6.45) is 1.43. The largest absolute Gasteiger partial charge is 1.00 e. The number of carbonyl (C=O) groups excluding carboxylic acids is 5. The number of hydrogen-bond acceptors (Lipinski definition) is 15. The third-order valence-corrected chi connectivity index (χ3v) is 9.77. The zero-order valence-corrected chi connectivity index (χ0v) is 31.8. The minimum Gasteiger partial charge on any atom is -0.546 e. The third kappa shape index (κ3) is 9.19. The van der Waals surface area contributed by atoms with Crippen LogP contribution in [0.2, 0.25) is 0 Å². The Morgan fingerprint density at radius 2 is 1.81 bits per heavy atom. The van der Waals surface area contributed by atoms with E-state index in [-0.39, 0.29) is 99.3 Å². The zero-order valence-electron chi connectivity index (χ0n) is 25.4. The van der Waals surface area contributed by atoms with Crippen molar-refractivity contribution in [1.82, 2.24) is 15.2 Å². The Balaban J connectivity index is 0.00000312. The molecule has 2 aliphatic rings.